The van der Waals surface area contributed by atoms with Crippen molar-refractivity contribution < 1.29 is 24.0 Å². The number of hydrogen-bond acceptors (Lipinski definition) is 1. The van der Waals surface area contributed by atoms with Crippen LogP contribution in [0.25, 0.3) is 0 Å². The van der Waals surface area contributed by atoms with Crippen molar-refractivity contribution in [3.63, 3.8) is 0 Å². The molecule has 9 heavy (non-hydrogen) atoms. The summed E-state index contributed by atoms with van der Waals surface area (Å²) < 4.78 is 42.6. The van der Waals surface area contributed by atoms with Crippen molar-refractivity contribution in [2.24, 2.45) is 5.89 Å². The molecular weight excluding hydrogens is 118 g/mol. The molecule has 0 fully saturated rings. The first-order valence-corrected chi connectivity index (χ1v) is 2.46. The summed E-state index contributed by atoms with van der Waals surface area (Å²) in [6.07, 6.45) is -0.727. The number of carboxylic acid groups (broad SMARTS) is 1. The predicted molar refractivity (Wildman–Crippen MR) is 33.8 cm³/mol. The van der Waals surface area contributed by atoms with E-state index in [1.807, 2.05) is 0 Å². The molecule has 0 heterocycles. The standard InChI is InChI=1S/C6H13NO2/c1-4(2)3-5(7)6(8)9/h4-5H,3,7H2,1-2H3,(H,8,9)/p+1/i1D,4D,5D/hD3. The van der Waals surface area contributed by atoms with Gasteiger partial charge in [-0.1, -0.05) is 13.8 Å². The largest absolute Gasteiger partial charge is 0.477 e. The van der Waals surface area contributed by atoms with E-state index >= 15 is 0 Å². The van der Waals surface area contributed by atoms with Crippen LogP contribution in [0.5, 0.6) is 0 Å². The molecule has 2 unspecified atom stereocenters. The normalized spacial score (nSPS) is 34.8. The van der Waals surface area contributed by atoms with Crippen molar-refractivity contribution in [1.82, 2.24) is 0 Å². The zero-order chi connectivity index (χ0) is 12.5. The van der Waals surface area contributed by atoms with E-state index in [9.17, 15) is 4.79 Å². The molecule has 4 N–H and O–H groups in total. The number of carbonyl (C=O) groups is 1. The van der Waals surface area contributed by atoms with Crippen LogP contribution in [0.1, 0.15) is 24.4 Å². The minimum atomic E-state index is -2.78. The van der Waals surface area contributed by atoms with Gasteiger partial charge in [-0.05, 0) is 5.89 Å². The lowest BCUT2D eigenvalue weighted by molar-refractivity contribution is -0.410. The molecule has 0 rings (SSSR count). The van der Waals surface area contributed by atoms with Gasteiger partial charge in [0.15, 0.2) is 6.02 Å². The fourth-order valence-electron chi connectivity index (χ4n) is 0.361. The highest BCUT2D eigenvalue weighted by Gasteiger charge is 2.15. The number of hydrogen-bond donors (Lipinski definition) is 2. The molecule has 3 nitrogen and oxygen atoms in total. The summed E-state index contributed by atoms with van der Waals surface area (Å²) in [5, 5.41) is 8.72. The molecule has 0 aliphatic heterocycles. The summed E-state index contributed by atoms with van der Waals surface area (Å²) in [7, 11) is 0. The van der Waals surface area contributed by atoms with Gasteiger partial charge in [0.05, 0.1) is 0 Å². The number of aliphatic carboxylic acids is 1. The lowest BCUT2D eigenvalue weighted by atomic mass is 10.1. The minimum absolute atomic E-state index is 0.457. The monoisotopic (exact) mass is 138 g/mol. The Kier molecular flexibility index (Phi) is 0.990. The first-order valence-electron chi connectivity index (χ1n) is 5.51. The quantitative estimate of drug-likeness (QED) is 0.561. The van der Waals surface area contributed by atoms with Crippen LogP contribution in [0.2, 0.25) is 4.24 Å². The van der Waals surface area contributed by atoms with E-state index < -0.39 is 36.9 Å². The molecule has 0 spiro atoms. The molecule has 0 bridgehead atoms. The van der Waals surface area contributed by atoms with Crippen LogP contribution in [0.4, 0.5) is 0 Å². The minimum Gasteiger partial charge on any atom is -0.477 e. The molecule has 0 aromatic rings. The van der Waals surface area contributed by atoms with Crippen molar-refractivity contribution >= 4 is 5.97 Å². The average molecular weight is 138 g/mol. The van der Waals surface area contributed by atoms with Crippen LogP contribution in [-0.2, 0) is 4.79 Å². The van der Waals surface area contributed by atoms with Crippen molar-refractivity contribution in [1.29, 1.82) is 0 Å². The summed E-state index contributed by atoms with van der Waals surface area (Å²) in [5.74, 6) is -3.37. The van der Waals surface area contributed by atoms with Gasteiger partial charge in [-0.3, -0.25) is 0 Å². The lowest BCUT2D eigenvalue weighted by Crippen LogP contribution is -2.65. The van der Waals surface area contributed by atoms with E-state index in [1.54, 1.807) is 0 Å². The van der Waals surface area contributed by atoms with Gasteiger partial charge in [-0.25, -0.2) is 4.79 Å². The number of carboxylic acids is 1. The molecule has 3 heteroatoms. The molecule has 0 amide bonds. The Morgan fingerprint density at radius 3 is 3.22 bits per heavy atom. The zero-order valence-corrected chi connectivity index (χ0v) is 5.22. The molecule has 2 atom stereocenters. The van der Waals surface area contributed by atoms with E-state index in [-0.39, 0.29) is 0 Å². The summed E-state index contributed by atoms with van der Waals surface area (Å²) in [5.41, 5.74) is -2.34. The molecule has 0 aliphatic rings. The SMILES string of the molecule is [2H]CC([2H])(C)CC([2H])(C(=O)O)[N+]([2H])([2H])[2H]. The van der Waals surface area contributed by atoms with Crippen LogP contribution in [-0.4, -0.2) is 17.1 Å². The molecule has 0 radical (unpaired) electrons. The fourth-order valence-corrected chi connectivity index (χ4v) is 0.361. The maximum atomic E-state index is 10.8. The average Bonchev–Trinajstić information content (AvgIpc) is 2.01. The van der Waals surface area contributed by atoms with Crippen molar-refractivity contribution in [3.8, 4) is 0 Å². The Hall–Kier alpha value is -0.570. The fraction of sp³-hybridized carbons (Fsp3) is 0.833. The Balaban J connectivity index is 5.09. The maximum absolute atomic E-state index is 10.8. The van der Waals surface area contributed by atoms with Crippen molar-refractivity contribution in [3.05, 3.63) is 0 Å². The van der Waals surface area contributed by atoms with E-state index in [4.69, 9.17) is 13.5 Å². The molecule has 0 saturated heterocycles. The van der Waals surface area contributed by atoms with E-state index in [1.165, 1.54) is 6.92 Å². The Morgan fingerprint density at radius 1 is 2.22 bits per heavy atom. The highest BCUT2D eigenvalue weighted by molar-refractivity contribution is 5.71. The summed E-state index contributed by atoms with van der Waals surface area (Å²) in [6, 6.07) is -2.78. The van der Waals surface area contributed by atoms with E-state index in [2.05, 4.69) is 0 Å². The molecule has 0 aromatic carbocycles. The van der Waals surface area contributed by atoms with Gasteiger partial charge in [-0.2, -0.15) is 0 Å². The number of quaternary nitrogens is 1. The van der Waals surface area contributed by atoms with E-state index in [0.29, 0.717) is 0 Å². The smallest absolute Gasteiger partial charge is 0.362 e. The number of rotatable bonds is 4. The van der Waals surface area contributed by atoms with Gasteiger partial charge in [0.2, 0.25) is 0 Å². The van der Waals surface area contributed by atoms with Crippen LogP contribution < -0.4 is 5.71 Å². The first-order chi connectivity index (χ1) is 6.46. The van der Waals surface area contributed by atoms with Gasteiger partial charge < -0.3 is 10.8 Å². The summed E-state index contributed by atoms with van der Waals surface area (Å²) >= 11 is 0. The van der Waals surface area contributed by atoms with Gasteiger partial charge in [0, 0.05) is 9.16 Å². The molecule has 0 aromatic heterocycles. The van der Waals surface area contributed by atoms with Crippen LogP contribution in [0.3, 0.4) is 0 Å². The third-order valence-electron chi connectivity index (χ3n) is 0.716. The molecule has 0 aliphatic carbocycles. The van der Waals surface area contributed by atoms with Crippen LogP contribution in [0, 0.1) is 5.89 Å². The van der Waals surface area contributed by atoms with Gasteiger partial charge >= 0.3 is 10.2 Å². The second-order valence-corrected chi connectivity index (χ2v) is 1.89. The summed E-state index contributed by atoms with van der Waals surface area (Å²) in [6.45, 7) is 0.781. The molecular formula is C6H14NO2+. The van der Waals surface area contributed by atoms with Crippen LogP contribution >= 0.6 is 0 Å². The topological polar surface area (TPSA) is 64.9 Å². The summed E-state index contributed by atoms with van der Waals surface area (Å²) in [4.78, 5) is 10.8. The zero-order valence-electron chi connectivity index (χ0n) is 11.2. The van der Waals surface area contributed by atoms with Gasteiger partial charge in [0.1, 0.15) is 1.37 Å². The predicted octanol–water partition coefficient (Wildman–Crippen LogP) is -0.272. The van der Waals surface area contributed by atoms with E-state index in [0.717, 1.165) is 0 Å². The van der Waals surface area contributed by atoms with Crippen LogP contribution in [0.15, 0.2) is 0 Å². The molecule has 0 saturated carbocycles. The maximum Gasteiger partial charge on any atom is 0.362 e. The Bertz CT molecular complexity index is 252. The highest BCUT2D eigenvalue weighted by Crippen LogP contribution is 2.00. The van der Waals surface area contributed by atoms with Gasteiger partial charge in [-0.15, -0.1) is 0 Å². The van der Waals surface area contributed by atoms with Gasteiger partial charge in [0.25, 0.3) is 0 Å². The molecule has 54 valence electrons. The third kappa shape index (κ3) is 3.97. The lowest BCUT2D eigenvalue weighted by Gasteiger charge is -2.04. The third-order valence-corrected chi connectivity index (χ3v) is 0.716. The Morgan fingerprint density at radius 2 is 2.89 bits per heavy atom. The first kappa shape index (κ1) is 2.58. The van der Waals surface area contributed by atoms with Crippen molar-refractivity contribution in [2.45, 2.75) is 26.3 Å². The highest BCUT2D eigenvalue weighted by atomic mass is 16.4. The Labute approximate surface area is 63.5 Å². The van der Waals surface area contributed by atoms with Crippen molar-refractivity contribution in [2.75, 3.05) is 0 Å². The second-order valence-electron chi connectivity index (χ2n) is 1.89. The second kappa shape index (κ2) is 3.45.